The first-order valence-corrected chi connectivity index (χ1v) is 8.21. The first-order chi connectivity index (χ1) is 11.9. The molecule has 1 aliphatic rings. The van der Waals surface area contributed by atoms with Gasteiger partial charge in [0, 0.05) is 38.2 Å². The maximum Gasteiger partial charge on any atom is 0.350 e. The summed E-state index contributed by atoms with van der Waals surface area (Å²) in [6, 6.07) is 5.36. The normalized spacial score (nSPS) is 16.5. The largest absolute Gasteiger partial charge is 0.441 e. The lowest BCUT2D eigenvalue weighted by Gasteiger charge is -2.29. The number of nitrogens with zero attached hydrogens (tertiary/aromatic N) is 1. The number of nitrogens with one attached hydrogen (secondary N) is 1. The lowest BCUT2D eigenvalue weighted by molar-refractivity contribution is -0.222. The van der Waals surface area contributed by atoms with Crippen LogP contribution in [-0.4, -0.2) is 22.7 Å². The average molecular weight is 344 g/mol. The van der Waals surface area contributed by atoms with Gasteiger partial charge in [0.25, 0.3) is 5.79 Å². The van der Waals surface area contributed by atoms with E-state index in [1.165, 1.54) is 20.0 Å². The molecular weight excluding hydrogens is 324 g/mol. The lowest BCUT2D eigenvalue weighted by Crippen LogP contribution is -2.42. The van der Waals surface area contributed by atoms with Crippen LogP contribution in [0.5, 0.6) is 0 Å². The number of carbonyl (C=O) groups is 2. The molecule has 3 rings (SSSR count). The van der Waals surface area contributed by atoms with Gasteiger partial charge in [-0.15, -0.1) is 0 Å². The number of unbranched alkanes of at least 4 members (excludes halogenated alkanes) is 1. The van der Waals surface area contributed by atoms with Crippen LogP contribution < -0.4 is 5.32 Å². The van der Waals surface area contributed by atoms with Crippen LogP contribution in [0.15, 0.2) is 34.4 Å². The average Bonchev–Trinajstić information content (AvgIpc) is 2.93. The van der Waals surface area contributed by atoms with Crippen molar-refractivity contribution in [2.24, 2.45) is 0 Å². The zero-order chi connectivity index (χ0) is 18.0. The van der Waals surface area contributed by atoms with Crippen molar-refractivity contribution in [1.82, 2.24) is 4.98 Å². The number of anilines is 1. The molecule has 0 radical (unpaired) electrons. The molecule has 0 atom stereocenters. The molecule has 0 unspecified atom stereocenters. The minimum Gasteiger partial charge on any atom is -0.441 e. The molecule has 1 aromatic carbocycles. The monoisotopic (exact) mass is 344 g/mol. The number of cyclic esters (lactones) is 2. The smallest absolute Gasteiger partial charge is 0.350 e. The molecule has 1 fully saturated rings. The highest BCUT2D eigenvalue weighted by molar-refractivity contribution is 6.15. The van der Waals surface area contributed by atoms with Crippen LogP contribution in [0.25, 0.3) is 11.1 Å². The maximum absolute atomic E-state index is 11.9. The summed E-state index contributed by atoms with van der Waals surface area (Å²) >= 11 is 0. The number of rotatable bonds is 5. The predicted octanol–water partition coefficient (Wildman–Crippen LogP) is 3.30. The Balaban J connectivity index is 1.76. The summed E-state index contributed by atoms with van der Waals surface area (Å²) in [6.07, 6.45) is 4.16. The number of hydrogen-bond donors (Lipinski definition) is 1. The maximum atomic E-state index is 11.9. The van der Waals surface area contributed by atoms with Crippen LogP contribution in [0.4, 0.5) is 5.69 Å². The van der Waals surface area contributed by atoms with E-state index in [1.807, 2.05) is 6.07 Å². The van der Waals surface area contributed by atoms with Crippen molar-refractivity contribution < 1.29 is 23.5 Å². The molecule has 0 saturated carbocycles. The second kappa shape index (κ2) is 6.58. The van der Waals surface area contributed by atoms with E-state index in [2.05, 4.69) is 17.2 Å². The minimum absolute atomic E-state index is 0.194. The number of ether oxygens (including phenoxy) is 2. The third-order valence-corrected chi connectivity index (χ3v) is 3.68. The topological polar surface area (TPSA) is 90.7 Å². The van der Waals surface area contributed by atoms with Gasteiger partial charge in [-0.1, -0.05) is 13.3 Å². The summed E-state index contributed by atoms with van der Waals surface area (Å²) in [7, 11) is 0. The van der Waals surface area contributed by atoms with Crippen LogP contribution in [-0.2, 0) is 25.5 Å². The molecule has 0 aliphatic carbocycles. The van der Waals surface area contributed by atoms with Gasteiger partial charge in [0.05, 0.1) is 0 Å². The summed E-state index contributed by atoms with van der Waals surface area (Å²) < 4.78 is 15.8. The molecule has 7 heteroatoms. The molecule has 1 saturated heterocycles. The van der Waals surface area contributed by atoms with Gasteiger partial charge in [-0.05, 0) is 18.6 Å². The molecular formula is C18H20N2O5. The van der Waals surface area contributed by atoms with Crippen molar-refractivity contribution in [1.29, 1.82) is 0 Å². The summed E-state index contributed by atoms with van der Waals surface area (Å²) in [5, 5.41) is 2.90. The van der Waals surface area contributed by atoms with Crippen molar-refractivity contribution in [2.75, 3.05) is 5.32 Å². The Morgan fingerprint density at radius 2 is 1.92 bits per heavy atom. The number of oxazole rings is 1. The van der Waals surface area contributed by atoms with Crippen LogP contribution in [0.1, 0.15) is 39.5 Å². The number of aromatic nitrogens is 1. The summed E-state index contributed by atoms with van der Waals surface area (Å²) in [5.74, 6) is -2.00. The minimum atomic E-state index is -1.25. The van der Waals surface area contributed by atoms with Gasteiger partial charge in [0.15, 0.2) is 17.0 Å². The van der Waals surface area contributed by atoms with Gasteiger partial charge in [-0.3, -0.25) is 0 Å². The number of aryl methyl sites for hydroxylation is 1. The Kier molecular flexibility index (Phi) is 4.48. The van der Waals surface area contributed by atoms with Crippen molar-refractivity contribution in [3.8, 4) is 0 Å². The highest BCUT2D eigenvalue weighted by Crippen LogP contribution is 2.24. The predicted molar refractivity (Wildman–Crippen MR) is 90.6 cm³/mol. The van der Waals surface area contributed by atoms with E-state index in [-0.39, 0.29) is 5.57 Å². The van der Waals surface area contributed by atoms with Gasteiger partial charge < -0.3 is 19.2 Å². The van der Waals surface area contributed by atoms with E-state index < -0.39 is 17.7 Å². The third-order valence-electron chi connectivity index (χ3n) is 3.68. The molecule has 25 heavy (non-hydrogen) atoms. The molecule has 0 amide bonds. The summed E-state index contributed by atoms with van der Waals surface area (Å²) in [6.45, 7) is 5.11. The van der Waals surface area contributed by atoms with Crippen molar-refractivity contribution in [2.45, 2.75) is 45.8 Å². The number of benzene rings is 1. The van der Waals surface area contributed by atoms with E-state index in [1.54, 1.807) is 12.1 Å². The molecule has 0 bridgehead atoms. The highest BCUT2D eigenvalue weighted by atomic mass is 16.7. The first kappa shape index (κ1) is 17.0. The fourth-order valence-corrected chi connectivity index (χ4v) is 2.43. The Morgan fingerprint density at radius 3 is 2.60 bits per heavy atom. The van der Waals surface area contributed by atoms with E-state index in [0.29, 0.717) is 17.2 Å². The Hall–Kier alpha value is -2.83. The van der Waals surface area contributed by atoms with Crippen LogP contribution in [0.2, 0.25) is 0 Å². The Bertz CT molecular complexity index is 828. The van der Waals surface area contributed by atoms with Gasteiger partial charge in [-0.2, -0.15) is 0 Å². The Labute approximate surface area is 145 Å². The van der Waals surface area contributed by atoms with Gasteiger partial charge in [-0.25, -0.2) is 14.6 Å². The fourth-order valence-electron chi connectivity index (χ4n) is 2.43. The molecule has 7 nitrogen and oxygen atoms in total. The van der Waals surface area contributed by atoms with Gasteiger partial charge >= 0.3 is 11.9 Å². The van der Waals surface area contributed by atoms with Gasteiger partial charge in [0.2, 0.25) is 0 Å². The third kappa shape index (κ3) is 3.81. The van der Waals surface area contributed by atoms with Crippen LogP contribution in [0, 0.1) is 0 Å². The van der Waals surface area contributed by atoms with E-state index in [0.717, 1.165) is 24.8 Å². The van der Waals surface area contributed by atoms with Crippen molar-refractivity contribution >= 4 is 28.7 Å². The number of hydrogen-bond acceptors (Lipinski definition) is 7. The number of carbonyl (C=O) groups excluding carboxylic acids is 2. The van der Waals surface area contributed by atoms with E-state index in [9.17, 15) is 9.59 Å². The highest BCUT2D eigenvalue weighted by Gasteiger charge is 2.38. The second-order valence-electron chi connectivity index (χ2n) is 6.27. The standard InChI is InChI=1S/C18H20N2O5/c1-4-5-6-15-20-13-8-7-11(9-14(13)23-15)19-10-12-16(21)24-18(2,3)25-17(12)22/h7-10,19H,4-6H2,1-3H3. The number of fused-ring (bicyclic) bond motifs is 1. The quantitative estimate of drug-likeness (QED) is 0.505. The molecule has 1 N–H and O–H groups in total. The molecule has 1 aliphatic heterocycles. The van der Waals surface area contributed by atoms with Crippen molar-refractivity contribution in [3.05, 3.63) is 35.9 Å². The SMILES string of the molecule is CCCCc1nc2ccc(NC=C3C(=O)OC(C)(C)OC3=O)cc2o1. The van der Waals surface area contributed by atoms with Crippen LogP contribution >= 0.6 is 0 Å². The second-order valence-corrected chi connectivity index (χ2v) is 6.27. The molecule has 132 valence electrons. The zero-order valence-corrected chi connectivity index (χ0v) is 14.4. The molecule has 0 spiro atoms. The molecule has 1 aromatic heterocycles. The molecule has 2 aromatic rings. The van der Waals surface area contributed by atoms with Gasteiger partial charge in [0.1, 0.15) is 5.52 Å². The van der Waals surface area contributed by atoms with E-state index >= 15 is 0 Å². The summed E-state index contributed by atoms with van der Waals surface area (Å²) in [4.78, 5) is 28.2. The van der Waals surface area contributed by atoms with E-state index in [4.69, 9.17) is 13.9 Å². The zero-order valence-electron chi connectivity index (χ0n) is 14.4. The summed E-state index contributed by atoms with van der Waals surface area (Å²) in [5.41, 5.74) is 1.87. The Morgan fingerprint density at radius 1 is 1.20 bits per heavy atom. The lowest BCUT2D eigenvalue weighted by atomic mass is 10.2. The number of esters is 2. The van der Waals surface area contributed by atoms with Crippen LogP contribution in [0.3, 0.4) is 0 Å². The first-order valence-electron chi connectivity index (χ1n) is 8.21. The fraction of sp³-hybridized carbons (Fsp3) is 0.389. The molecule has 2 heterocycles. The van der Waals surface area contributed by atoms with Crippen molar-refractivity contribution in [3.63, 3.8) is 0 Å².